The number of hydrogen-bond donors (Lipinski definition) is 1. The first-order valence-electron chi connectivity index (χ1n) is 5.02. The van der Waals surface area contributed by atoms with Crippen molar-refractivity contribution in [2.45, 2.75) is 32.9 Å². The summed E-state index contributed by atoms with van der Waals surface area (Å²) in [6.45, 7) is 6.65. The van der Waals surface area contributed by atoms with Crippen LogP contribution >= 0.6 is 15.9 Å². The lowest BCUT2D eigenvalue weighted by Gasteiger charge is -2.19. The van der Waals surface area contributed by atoms with E-state index < -0.39 is 11.7 Å². The third-order valence-electron chi connectivity index (χ3n) is 1.69. The number of nitrogens with one attached hydrogen (secondary N) is 1. The van der Waals surface area contributed by atoms with E-state index in [1.54, 1.807) is 6.20 Å². The highest BCUT2D eigenvalue weighted by Gasteiger charge is 2.15. The first kappa shape index (κ1) is 13.0. The topological polar surface area (TPSA) is 56.1 Å². The second-order valence-corrected chi connectivity index (χ2v) is 5.03. The number of amides is 1. The van der Waals surface area contributed by atoms with E-state index in [1.807, 2.05) is 31.5 Å². The van der Waals surface area contributed by atoms with Crippen LogP contribution in [0, 0.1) is 0 Å². The predicted octanol–water partition coefficient (Wildman–Crippen LogP) is 2.17. The summed E-state index contributed by atoms with van der Waals surface area (Å²) in [7, 11) is 0. The predicted molar refractivity (Wildman–Crippen MR) is 64.2 cm³/mol. The molecular formula is C10H16BrN3O2. The van der Waals surface area contributed by atoms with E-state index in [0.29, 0.717) is 13.1 Å². The van der Waals surface area contributed by atoms with Crippen LogP contribution in [0.1, 0.15) is 20.8 Å². The normalized spacial score (nSPS) is 11.2. The van der Waals surface area contributed by atoms with E-state index in [9.17, 15) is 4.79 Å². The number of ether oxygens (including phenoxy) is 1. The molecule has 90 valence electrons. The summed E-state index contributed by atoms with van der Waals surface area (Å²) in [4.78, 5) is 15.3. The Morgan fingerprint density at radius 1 is 1.62 bits per heavy atom. The van der Waals surface area contributed by atoms with E-state index in [1.165, 1.54) is 0 Å². The van der Waals surface area contributed by atoms with Gasteiger partial charge in [0.25, 0.3) is 0 Å². The summed E-state index contributed by atoms with van der Waals surface area (Å²) >= 11 is 3.29. The Hall–Kier alpha value is -1.04. The standard InChI is InChI=1S/C10H16BrN3O2/c1-10(2,3)16-9(15)13-5-7-14-6-4-12-8(14)11/h4,6H,5,7H2,1-3H3,(H,13,15). The van der Waals surface area contributed by atoms with Gasteiger partial charge in [0.2, 0.25) is 0 Å². The Morgan fingerprint density at radius 2 is 2.31 bits per heavy atom. The minimum absolute atomic E-state index is 0.399. The van der Waals surface area contributed by atoms with Crippen LogP contribution in [-0.2, 0) is 11.3 Å². The molecule has 1 amide bonds. The van der Waals surface area contributed by atoms with Gasteiger partial charge in [-0.2, -0.15) is 0 Å². The highest BCUT2D eigenvalue weighted by molar-refractivity contribution is 9.10. The van der Waals surface area contributed by atoms with Crippen LogP contribution in [0.25, 0.3) is 0 Å². The average Bonchev–Trinajstić information content (AvgIpc) is 2.48. The van der Waals surface area contributed by atoms with Gasteiger partial charge in [0.15, 0.2) is 4.73 Å². The largest absolute Gasteiger partial charge is 0.444 e. The summed E-state index contributed by atoms with van der Waals surface area (Å²) in [5.74, 6) is 0. The first-order chi connectivity index (χ1) is 7.38. The number of rotatable bonds is 3. The van der Waals surface area contributed by atoms with Crippen LogP contribution < -0.4 is 5.32 Å². The van der Waals surface area contributed by atoms with Crippen LogP contribution in [0.2, 0.25) is 0 Å². The quantitative estimate of drug-likeness (QED) is 0.928. The fourth-order valence-corrected chi connectivity index (χ4v) is 1.48. The summed E-state index contributed by atoms with van der Waals surface area (Å²) in [6, 6.07) is 0. The average molecular weight is 290 g/mol. The molecule has 0 bridgehead atoms. The van der Waals surface area contributed by atoms with Crippen molar-refractivity contribution in [2.75, 3.05) is 6.54 Å². The van der Waals surface area contributed by atoms with Crippen molar-refractivity contribution in [3.63, 3.8) is 0 Å². The van der Waals surface area contributed by atoms with Crippen molar-refractivity contribution < 1.29 is 9.53 Å². The number of aromatic nitrogens is 2. The van der Waals surface area contributed by atoms with Gasteiger partial charge in [0, 0.05) is 25.5 Å². The second-order valence-electron chi connectivity index (χ2n) is 4.32. The van der Waals surface area contributed by atoms with Gasteiger partial charge in [-0.15, -0.1) is 0 Å². The minimum atomic E-state index is -0.459. The van der Waals surface area contributed by atoms with Crippen LogP contribution in [0.4, 0.5) is 4.79 Å². The monoisotopic (exact) mass is 289 g/mol. The highest BCUT2D eigenvalue weighted by Crippen LogP contribution is 2.07. The third kappa shape index (κ3) is 4.65. The Labute approximate surface area is 103 Å². The summed E-state index contributed by atoms with van der Waals surface area (Å²) in [6.07, 6.45) is 3.13. The Morgan fingerprint density at radius 3 is 2.81 bits per heavy atom. The number of imidazole rings is 1. The van der Waals surface area contributed by atoms with Crippen molar-refractivity contribution in [3.8, 4) is 0 Å². The number of halogens is 1. The Balaban J connectivity index is 2.26. The summed E-state index contributed by atoms with van der Waals surface area (Å²) in [5.41, 5.74) is -0.459. The van der Waals surface area contributed by atoms with Gasteiger partial charge >= 0.3 is 6.09 Å². The molecule has 6 heteroatoms. The second kappa shape index (κ2) is 5.34. The van der Waals surface area contributed by atoms with Gasteiger partial charge in [0.05, 0.1) is 0 Å². The van der Waals surface area contributed by atoms with Gasteiger partial charge in [0.1, 0.15) is 5.60 Å². The Bertz CT molecular complexity index is 357. The number of alkyl carbamates (subject to hydrolysis) is 1. The van der Waals surface area contributed by atoms with Crippen molar-refractivity contribution >= 4 is 22.0 Å². The van der Waals surface area contributed by atoms with E-state index >= 15 is 0 Å². The molecule has 0 aliphatic rings. The van der Waals surface area contributed by atoms with Crippen LogP contribution in [0.3, 0.4) is 0 Å². The lowest BCUT2D eigenvalue weighted by Crippen LogP contribution is -2.34. The zero-order valence-corrected chi connectivity index (χ0v) is 11.2. The van der Waals surface area contributed by atoms with Gasteiger partial charge in [-0.1, -0.05) is 0 Å². The summed E-state index contributed by atoms with van der Waals surface area (Å²) in [5, 5.41) is 2.67. The molecule has 0 saturated heterocycles. The summed E-state index contributed by atoms with van der Waals surface area (Å²) < 4.78 is 7.74. The zero-order chi connectivity index (χ0) is 12.2. The SMILES string of the molecule is CC(C)(C)OC(=O)NCCn1ccnc1Br. The van der Waals surface area contributed by atoms with E-state index in [-0.39, 0.29) is 0 Å². The molecule has 0 unspecified atom stereocenters. The van der Waals surface area contributed by atoms with Crippen LogP contribution in [0.15, 0.2) is 17.1 Å². The molecule has 0 fully saturated rings. The number of nitrogens with zero attached hydrogens (tertiary/aromatic N) is 2. The molecule has 0 aliphatic heterocycles. The maximum atomic E-state index is 11.3. The fourth-order valence-electron chi connectivity index (χ4n) is 1.07. The van der Waals surface area contributed by atoms with Gasteiger partial charge in [-0.3, -0.25) is 0 Å². The van der Waals surface area contributed by atoms with Crippen molar-refractivity contribution in [3.05, 3.63) is 17.1 Å². The van der Waals surface area contributed by atoms with Crippen LogP contribution in [0.5, 0.6) is 0 Å². The van der Waals surface area contributed by atoms with E-state index in [2.05, 4.69) is 26.2 Å². The molecule has 1 aromatic heterocycles. The van der Waals surface area contributed by atoms with Gasteiger partial charge in [-0.05, 0) is 36.7 Å². The van der Waals surface area contributed by atoms with Gasteiger partial charge in [-0.25, -0.2) is 9.78 Å². The molecule has 1 rings (SSSR count). The van der Waals surface area contributed by atoms with Crippen molar-refractivity contribution in [1.29, 1.82) is 0 Å². The number of carbonyl (C=O) groups excluding carboxylic acids is 1. The van der Waals surface area contributed by atoms with Crippen LogP contribution in [-0.4, -0.2) is 27.8 Å². The molecule has 1 heterocycles. The lowest BCUT2D eigenvalue weighted by atomic mass is 10.2. The maximum Gasteiger partial charge on any atom is 0.407 e. The maximum absolute atomic E-state index is 11.3. The van der Waals surface area contributed by atoms with E-state index in [0.717, 1.165) is 4.73 Å². The number of hydrogen-bond acceptors (Lipinski definition) is 3. The smallest absolute Gasteiger partial charge is 0.407 e. The molecule has 0 spiro atoms. The molecule has 1 aromatic rings. The lowest BCUT2D eigenvalue weighted by molar-refractivity contribution is 0.0526. The third-order valence-corrected chi connectivity index (χ3v) is 2.35. The van der Waals surface area contributed by atoms with E-state index in [4.69, 9.17) is 4.74 Å². The molecule has 0 aliphatic carbocycles. The number of carbonyl (C=O) groups is 1. The first-order valence-corrected chi connectivity index (χ1v) is 5.81. The molecule has 0 atom stereocenters. The molecule has 16 heavy (non-hydrogen) atoms. The van der Waals surface area contributed by atoms with Crippen molar-refractivity contribution in [1.82, 2.24) is 14.9 Å². The van der Waals surface area contributed by atoms with Crippen molar-refractivity contribution in [2.24, 2.45) is 0 Å². The Kier molecular flexibility index (Phi) is 4.35. The fraction of sp³-hybridized carbons (Fsp3) is 0.600. The molecule has 0 saturated carbocycles. The van der Waals surface area contributed by atoms with Gasteiger partial charge < -0.3 is 14.6 Å². The zero-order valence-electron chi connectivity index (χ0n) is 9.66. The molecular weight excluding hydrogens is 274 g/mol. The molecule has 1 N–H and O–H groups in total. The molecule has 5 nitrogen and oxygen atoms in total. The minimum Gasteiger partial charge on any atom is -0.444 e. The molecule has 0 aromatic carbocycles. The highest BCUT2D eigenvalue weighted by atomic mass is 79.9. The molecule has 0 radical (unpaired) electrons.